The summed E-state index contributed by atoms with van der Waals surface area (Å²) in [4.78, 5) is 4.12. The van der Waals surface area contributed by atoms with Crippen LogP contribution in [0.25, 0.3) is 0 Å². The van der Waals surface area contributed by atoms with Gasteiger partial charge in [0.15, 0.2) is 6.29 Å². The number of hydrogen-bond donors (Lipinski definition) is 0. The second-order valence-corrected chi connectivity index (χ2v) is 8.53. The summed E-state index contributed by atoms with van der Waals surface area (Å²) in [5.74, 6) is 0.781. The highest BCUT2D eigenvalue weighted by molar-refractivity contribution is 6.35. The number of nitrogens with zero attached hydrogens (tertiary/aromatic N) is 2. The van der Waals surface area contributed by atoms with Crippen molar-refractivity contribution < 1.29 is 14.2 Å². The highest BCUT2D eigenvalue weighted by Crippen LogP contribution is 2.35. The molecule has 1 saturated heterocycles. The van der Waals surface area contributed by atoms with Crippen LogP contribution in [0.2, 0.25) is 10.0 Å². The molecule has 0 amide bonds. The zero-order valence-corrected chi connectivity index (χ0v) is 18.9. The van der Waals surface area contributed by atoms with E-state index in [-0.39, 0.29) is 18.5 Å². The molecule has 1 fully saturated rings. The predicted molar refractivity (Wildman–Crippen MR) is 122 cm³/mol. The number of para-hydroxylation sites is 1. The summed E-state index contributed by atoms with van der Waals surface area (Å²) in [7, 11) is 1.67. The molecule has 0 N–H and O–H groups in total. The van der Waals surface area contributed by atoms with E-state index < -0.39 is 0 Å². The van der Waals surface area contributed by atoms with Crippen molar-refractivity contribution in [3.63, 3.8) is 0 Å². The lowest BCUT2D eigenvalue weighted by Crippen LogP contribution is -2.33. The highest BCUT2D eigenvalue weighted by atomic mass is 35.5. The summed E-state index contributed by atoms with van der Waals surface area (Å²) in [6.07, 6.45) is 8.54. The fourth-order valence-electron chi connectivity index (χ4n) is 3.96. The molecular weight excluding hydrogens is 435 g/mol. The van der Waals surface area contributed by atoms with Gasteiger partial charge in [-0.15, -0.1) is 0 Å². The Kier molecular flexibility index (Phi) is 7.51. The Labute approximate surface area is 192 Å². The van der Waals surface area contributed by atoms with E-state index in [0.29, 0.717) is 16.5 Å². The molecular formula is C24H26Cl2N2O3. The number of aromatic nitrogens is 2. The van der Waals surface area contributed by atoms with E-state index >= 15 is 0 Å². The van der Waals surface area contributed by atoms with Gasteiger partial charge in [-0.1, -0.05) is 47.5 Å². The molecule has 31 heavy (non-hydrogen) atoms. The van der Waals surface area contributed by atoms with Crippen molar-refractivity contribution in [1.82, 2.24) is 9.55 Å². The van der Waals surface area contributed by atoms with Crippen LogP contribution in [0.3, 0.4) is 0 Å². The van der Waals surface area contributed by atoms with Gasteiger partial charge in [0.25, 0.3) is 0 Å². The number of imidazole rings is 1. The topological polar surface area (TPSA) is 45.5 Å². The third kappa shape index (κ3) is 5.80. The quantitative estimate of drug-likeness (QED) is 0.407. The number of hydrogen-bond acceptors (Lipinski definition) is 4. The summed E-state index contributed by atoms with van der Waals surface area (Å²) in [5, 5.41) is 1.24. The lowest BCUT2D eigenvalue weighted by Gasteiger charge is -2.33. The zero-order valence-electron chi connectivity index (χ0n) is 17.4. The van der Waals surface area contributed by atoms with Crippen LogP contribution in [0, 0.1) is 0 Å². The maximum atomic E-state index is 6.54. The average Bonchev–Trinajstić information content (AvgIpc) is 3.28. The molecule has 164 valence electrons. The Bertz CT molecular complexity index is 981. The third-order valence-electron chi connectivity index (χ3n) is 5.51. The van der Waals surface area contributed by atoms with E-state index in [0.717, 1.165) is 42.7 Å². The van der Waals surface area contributed by atoms with Crippen LogP contribution >= 0.6 is 23.2 Å². The van der Waals surface area contributed by atoms with Crippen LogP contribution in [-0.4, -0.2) is 29.1 Å². The molecule has 7 heteroatoms. The van der Waals surface area contributed by atoms with Crippen molar-refractivity contribution in [2.24, 2.45) is 0 Å². The zero-order chi connectivity index (χ0) is 21.6. The van der Waals surface area contributed by atoms with Gasteiger partial charge in [-0.3, -0.25) is 0 Å². The van der Waals surface area contributed by atoms with Crippen LogP contribution in [0.5, 0.6) is 5.75 Å². The van der Waals surface area contributed by atoms with Gasteiger partial charge < -0.3 is 18.8 Å². The van der Waals surface area contributed by atoms with Crippen LogP contribution in [0.4, 0.5) is 0 Å². The minimum absolute atomic E-state index is 0.0883. The smallest absolute Gasteiger partial charge is 0.158 e. The van der Waals surface area contributed by atoms with E-state index in [2.05, 4.69) is 4.98 Å². The molecule has 2 heterocycles. The Hall–Kier alpha value is -2.05. The normalized spacial score (nSPS) is 19.8. The van der Waals surface area contributed by atoms with Crippen LogP contribution in [0.15, 0.2) is 61.2 Å². The van der Waals surface area contributed by atoms with Gasteiger partial charge in [-0.05, 0) is 43.0 Å². The summed E-state index contributed by atoms with van der Waals surface area (Å²) >= 11 is 12.6. The average molecular weight is 461 g/mol. The molecule has 5 nitrogen and oxygen atoms in total. The molecule has 3 atom stereocenters. The second-order valence-electron chi connectivity index (χ2n) is 7.68. The van der Waals surface area contributed by atoms with Gasteiger partial charge in [0.1, 0.15) is 5.75 Å². The van der Waals surface area contributed by atoms with Crippen LogP contribution < -0.4 is 4.74 Å². The van der Waals surface area contributed by atoms with E-state index in [4.69, 9.17) is 37.4 Å². The Morgan fingerprint density at radius 1 is 1.19 bits per heavy atom. The van der Waals surface area contributed by atoms with E-state index in [1.54, 1.807) is 19.4 Å². The van der Waals surface area contributed by atoms with Crippen molar-refractivity contribution >= 4 is 23.2 Å². The van der Waals surface area contributed by atoms with Gasteiger partial charge in [-0.25, -0.2) is 4.98 Å². The Morgan fingerprint density at radius 3 is 2.84 bits per heavy atom. The first-order valence-corrected chi connectivity index (χ1v) is 11.2. The monoisotopic (exact) mass is 460 g/mol. The van der Waals surface area contributed by atoms with E-state index in [9.17, 15) is 0 Å². The lowest BCUT2D eigenvalue weighted by atomic mass is 10.00. The van der Waals surface area contributed by atoms with E-state index in [1.165, 1.54) is 0 Å². The first kappa shape index (κ1) is 22.2. The van der Waals surface area contributed by atoms with Crippen LogP contribution in [-0.2, 0) is 22.4 Å². The van der Waals surface area contributed by atoms with Gasteiger partial charge in [0.2, 0.25) is 0 Å². The summed E-state index contributed by atoms with van der Waals surface area (Å²) < 4.78 is 20.5. The molecule has 1 aliphatic heterocycles. The molecule has 4 rings (SSSR count). The van der Waals surface area contributed by atoms with Crippen molar-refractivity contribution in [2.75, 3.05) is 7.11 Å². The second kappa shape index (κ2) is 10.5. The van der Waals surface area contributed by atoms with Crippen molar-refractivity contribution in [2.45, 2.75) is 50.7 Å². The summed E-state index contributed by atoms with van der Waals surface area (Å²) in [5.41, 5.74) is 1.93. The number of halogens is 2. The molecule has 0 aliphatic carbocycles. The molecule has 3 unspecified atom stereocenters. The number of methoxy groups -OCH3 is 1. The molecule has 0 bridgehead atoms. The molecule has 0 radical (unpaired) electrons. The minimum atomic E-state index is -0.303. The standard InChI is InChI=1S/C24H26Cl2N2O3/c1-29-22-7-3-2-6-20(22)23(13-17-9-10-18(25)14-21(17)26)31-24-8-4-5-19(30-24)15-28-12-11-27-16-28/h2-3,6-7,9-12,14,16,19,23-24H,4-5,8,13,15H2,1H3. The molecule has 0 saturated carbocycles. The van der Waals surface area contributed by atoms with Gasteiger partial charge in [0, 0.05) is 41.0 Å². The fourth-order valence-corrected chi connectivity index (χ4v) is 4.45. The molecule has 2 aromatic carbocycles. The number of benzene rings is 2. The first-order valence-electron chi connectivity index (χ1n) is 10.5. The number of rotatable bonds is 8. The largest absolute Gasteiger partial charge is 0.496 e. The Balaban J connectivity index is 1.53. The first-order chi connectivity index (χ1) is 15.1. The van der Waals surface area contributed by atoms with Crippen molar-refractivity contribution in [3.8, 4) is 5.75 Å². The van der Waals surface area contributed by atoms with Crippen molar-refractivity contribution in [3.05, 3.63) is 82.4 Å². The molecule has 0 spiro atoms. The molecule has 3 aromatic rings. The maximum absolute atomic E-state index is 6.54. The minimum Gasteiger partial charge on any atom is -0.496 e. The highest BCUT2D eigenvalue weighted by Gasteiger charge is 2.28. The van der Waals surface area contributed by atoms with Gasteiger partial charge in [0.05, 0.1) is 25.6 Å². The molecule has 1 aliphatic rings. The van der Waals surface area contributed by atoms with Gasteiger partial charge in [-0.2, -0.15) is 0 Å². The fraction of sp³-hybridized carbons (Fsp3) is 0.375. The van der Waals surface area contributed by atoms with Crippen molar-refractivity contribution in [1.29, 1.82) is 0 Å². The van der Waals surface area contributed by atoms with Crippen LogP contribution in [0.1, 0.15) is 36.5 Å². The maximum Gasteiger partial charge on any atom is 0.158 e. The SMILES string of the molecule is COc1ccccc1C(Cc1ccc(Cl)cc1Cl)OC1CCCC(Cn2ccnc2)O1. The van der Waals surface area contributed by atoms with E-state index in [1.807, 2.05) is 53.5 Å². The summed E-state index contributed by atoms with van der Waals surface area (Å²) in [6, 6.07) is 13.5. The van der Waals surface area contributed by atoms with Gasteiger partial charge >= 0.3 is 0 Å². The number of ether oxygens (including phenoxy) is 3. The molecule has 1 aromatic heterocycles. The third-order valence-corrected chi connectivity index (χ3v) is 6.09. The Morgan fingerprint density at radius 2 is 2.06 bits per heavy atom. The predicted octanol–water partition coefficient (Wildman–Crippen LogP) is 6.09. The summed E-state index contributed by atoms with van der Waals surface area (Å²) in [6.45, 7) is 0.766. The lowest BCUT2D eigenvalue weighted by molar-refractivity contribution is -0.218.